The monoisotopic (exact) mass is 323 g/mol. The number of nitrogens with one attached hydrogen (secondary N) is 1. The van der Waals surface area contributed by atoms with Gasteiger partial charge < -0.3 is 4.74 Å². The van der Waals surface area contributed by atoms with Crippen LogP contribution in [-0.2, 0) is 23.3 Å². The Labute approximate surface area is 133 Å². The lowest BCUT2D eigenvalue weighted by Gasteiger charge is -2.44. The molecule has 2 aromatic heterocycles. The number of fused-ring (bicyclic) bond motifs is 2. The fourth-order valence-corrected chi connectivity index (χ4v) is 4.83. The molecule has 0 aliphatic carbocycles. The second-order valence-corrected chi connectivity index (χ2v) is 7.63. The normalized spacial score (nSPS) is 21.6. The number of piperidine rings is 1. The zero-order chi connectivity index (χ0) is 14.3. The van der Waals surface area contributed by atoms with Crippen molar-refractivity contribution >= 4 is 22.9 Å². The summed E-state index contributed by atoms with van der Waals surface area (Å²) in [5, 5.41) is 6.89. The molecule has 1 fully saturated rings. The molecule has 0 unspecified atom stereocenters. The first-order valence-corrected chi connectivity index (χ1v) is 8.57. The molecule has 4 rings (SSSR count). The van der Waals surface area contributed by atoms with Crippen molar-refractivity contribution in [1.29, 1.82) is 0 Å². The van der Waals surface area contributed by atoms with E-state index in [9.17, 15) is 0 Å². The summed E-state index contributed by atoms with van der Waals surface area (Å²) in [6, 6.07) is 2.13. The number of hydrogen-bond acceptors (Lipinski definition) is 4. The summed E-state index contributed by atoms with van der Waals surface area (Å²) >= 11 is 7.94. The number of halogens is 1. The van der Waals surface area contributed by atoms with Crippen molar-refractivity contribution in [3.8, 4) is 0 Å². The molecule has 0 atom stereocenters. The summed E-state index contributed by atoms with van der Waals surface area (Å²) in [5.74, 6) is 0. The molecule has 2 aliphatic rings. The van der Waals surface area contributed by atoms with E-state index >= 15 is 0 Å². The van der Waals surface area contributed by atoms with E-state index in [2.05, 4.69) is 21.2 Å². The fraction of sp³-hybridized carbons (Fsp3) is 0.533. The van der Waals surface area contributed by atoms with Gasteiger partial charge in [0.2, 0.25) is 0 Å². The molecule has 0 aromatic carbocycles. The van der Waals surface area contributed by atoms with E-state index in [1.807, 2.05) is 12.4 Å². The first kappa shape index (κ1) is 13.8. The van der Waals surface area contributed by atoms with Gasteiger partial charge in [0.15, 0.2) is 0 Å². The van der Waals surface area contributed by atoms with Gasteiger partial charge in [-0.1, -0.05) is 11.6 Å². The third-order valence-corrected chi connectivity index (χ3v) is 5.93. The second kappa shape index (κ2) is 5.39. The Morgan fingerprint density at radius 2 is 2.29 bits per heavy atom. The minimum atomic E-state index is -0.0931. The van der Waals surface area contributed by atoms with Gasteiger partial charge in [-0.15, -0.1) is 11.3 Å². The minimum Gasteiger partial charge on any atom is -0.370 e. The van der Waals surface area contributed by atoms with Gasteiger partial charge in [-0.2, -0.15) is 5.10 Å². The molecule has 6 heteroatoms. The van der Waals surface area contributed by atoms with Gasteiger partial charge in [0.25, 0.3) is 0 Å². The minimum absolute atomic E-state index is 0.0931. The number of likely N-dealkylation sites (tertiary alicyclic amines) is 1. The number of aromatic amines is 1. The number of thiophene rings is 1. The van der Waals surface area contributed by atoms with Gasteiger partial charge in [0.1, 0.15) is 0 Å². The smallest absolute Gasteiger partial charge is 0.0967 e. The molecule has 1 N–H and O–H groups in total. The van der Waals surface area contributed by atoms with Crippen LogP contribution < -0.4 is 0 Å². The van der Waals surface area contributed by atoms with E-state index in [0.717, 1.165) is 49.8 Å². The van der Waals surface area contributed by atoms with Crippen LogP contribution in [-0.4, -0.2) is 34.8 Å². The highest BCUT2D eigenvalue weighted by Gasteiger charge is 2.41. The Kier molecular flexibility index (Phi) is 3.53. The maximum atomic E-state index is 6.23. The number of nitrogens with zero attached hydrogens (tertiary/aromatic N) is 2. The van der Waals surface area contributed by atoms with Crippen molar-refractivity contribution in [3.63, 3.8) is 0 Å². The first-order valence-electron chi connectivity index (χ1n) is 7.38. The molecule has 0 saturated carbocycles. The average molecular weight is 324 g/mol. The number of hydrogen-bond donors (Lipinski definition) is 1. The summed E-state index contributed by atoms with van der Waals surface area (Å²) in [6.07, 6.45) is 6.97. The molecule has 21 heavy (non-hydrogen) atoms. The molecular formula is C15H18ClN3OS. The topological polar surface area (TPSA) is 41.1 Å². The third kappa shape index (κ3) is 2.52. The first-order chi connectivity index (χ1) is 10.3. The highest BCUT2D eigenvalue weighted by Crippen LogP contribution is 2.45. The molecule has 0 bridgehead atoms. The SMILES string of the molecule is Clc1cc2c(s1)CCOC21CCN(Cc2cn[nH]c2)CC1. The Hall–Kier alpha value is -0.880. The highest BCUT2D eigenvalue weighted by atomic mass is 35.5. The predicted octanol–water partition coefficient (Wildman–Crippen LogP) is 3.19. The van der Waals surface area contributed by atoms with Crippen molar-refractivity contribution < 1.29 is 4.74 Å². The molecular weight excluding hydrogens is 306 g/mol. The summed E-state index contributed by atoms with van der Waals surface area (Å²) in [6.45, 7) is 3.89. The number of H-pyrrole nitrogens is 1. The van der Waals surface area contributed by atoms with Crippen LogP contribution in [0.5, 0.6) is 0 Å². The zero-order valence-corrected chi connectivity index (χ0v) is 13.3. The Balaban J connectivity index is 1.49. The van der Waals surface area contributed by atoms with E-state index in [-0.39, 0.29) is 5.60 Å². The highest BCUT2D eigenvalue weighted by molar-refractivity contribution is 7.16. The lowest BCUT2D eigenvalue weighted by molar-refractivity contribution is -0.0980. The molecule has 0 amide bonds. The molecule has 2 aliphatic heterocycles. The van der Waals surface area contributed by atoms with Crippen LogP contribution in [0.25, 0.3) is 0 Å². The molecule has 2 aromatic rings. The van der Waals surface area contributed by atoms with Gasteiger partial charge in [-0.3, -0.25) is 10.00 Å². The number of aromatic nitrogens is 2. The van der Waals surface area contributed by atoms with E-state index in [0.29, 0.717) is 0 Å². The molecule has 112 valence electrons. The van der Waals surface area contributed by atoms with E-state index < -0.39 is 0 Å². The predicted molar refractivity (Wildman–Crippen MR) is 83.8 cm³/mol. The quantitative estimate of drug-likeness (QED) is 0.922. The summed E-state index contributed by atoms with van der Waals surface area (Å²) < 4.78 is 7.13. The Bertz CT molecular complexity index is 617. The lowest BCUT2D eigenvalue weighted by Crippen LogP contribution is -2.45. The van der Waals surface area contributed by atoms with Gasteiger partial charge in [0.05, 0.1) is 22.7 Å². The molecule has 1 spiro atoms. The van der Waals surface area contributed by atoms with Crippen molar-refractivity contribution in [2.45, 2.75) is 31.4 Å². The van der Waals surface area contributed by atoms with Crippen molar-refractivity contribution in [2.24, 2.45) is 0 Å². The van der Waals surface area contributed by atoms with E-state index in [1.54, 1.807) is 11.3 Å². The standard InChI is InChI=1S/C15H18ClN3OS/c16-14-7-12-13(21-14)1-6-20-15(12)2-4-19(5-3-15)10-11-8-17-18-9-11/h7-9H,1-6,10H2,(H,17,18). The van der Waals surface area contributed by atoms with Gasteiger partial charge in [0, 0.05) is 42.7 Å². The van der Waals surface area contributed by atoms with Gasteiger partial charge in [-0.25, -0.2) is 0 Å². The largest absolute Gasteiger partial charge is 0.370 e. The molecule has 4 heterocycles. The van der Waals surface area contributed by atoms with Crippen LogP contribution in [0.1, 0.15) is 28.8 Å². The summed E-state index contributed by atoms with van der Waals surface area (Å²) in [7, 11) is 0. The Morgan fingerprint density at radius 3 is 3.05 bits per heavy atom. The van der Waals surface area contributed by atoms with Crippen molar-refractivity contribution in [3.05, 3.63) is 38.8 Å². The van der Waals surface area contributed by atoms with E-state index in [4.69, 9.17) is 16.3 Å². The zero-order valence-electron chi connectivity index (χ0n) is 11.8. The molecule has 0 radical (unpaired) electrons. The fourth-order valence-electron chi connectivity index (χ4n) is 3.49. The maximum absolute atomic E-state index is 6.23. The van der Waals surface area contributed by atoms with Crippen LogP contribution in [0.2, 0.25) is 4.34 Å². The van der Waals surface area contributed by atoms with Crippen molar-refractivity contribution in [2.75, 3.05) is 19.7 Å². The molecule has 4 nitrogen and oxygen atoms in total. The average Bonchev–Trinajstić information content (AvgIpc) is 3.11. The van der Waals surface area contributed by atoms with Gasteiger partial charge in [-0.05, 0) is 24.5 Å². The summed E-state index contributed by atoms with van der Waals surface area (Å²) in [5.41, 5.74) is 2.51. The summed E-state index contributed by atoms with van der Waals surface area (Å²) in [4.78, 5) is 3.90. The van der Waals surface area contributed by atoms with Crippen LogP contribution in [0, 0.1) is 0 Å². The van der Waals surface area contributed by atoms with Crippen LogP contribution in [0.4, 0.5) is 0 Å². The lowest BCUT2D eigenvalue weighted by atomic mass is 9.82. The van der Waals surface area contributed by atoms with Crippen LogP contribution in [0.3, 0.4) is 0 Å². The number of ether oxygens (including phenoxy) is 1. The Morgan fingerprint density at radius 1 is 1.43 bits per heavy atom. The van der Waals surface area contributed by atoms with Crippen LogP contribution in [0.15, 0.2) is 18.5 Å². The van der Waals surface area contributed by atoms with Crippen molar-refractivity contribution in [1.82, 2.24) is 15.1 Å². The van der Waals surface area contributed by atoms with E-state index in [1.165, 1.54) is 16.0 Å². The molecule has 1 saturated heterocycles. The maximum Gasteiger partial charge on any atom is 0.0967 e. The number of rotatable bonds is 2. The van der Waals surface area contributed by atoms with Gasteiger partial charge >= 0.3 is 0 Å². The van der Waals surface area contributed by atoms with Crippen LogP contribution >= 0.6 is 22.9 Å². The third-order valence-electron chi connectivity index (χ3n) is 4.60. The second-order valence-electron chi connectivity index (χ2n) is 5.86.